The predicted molar refractivity (Wildman–Crippen MR) is 69.4 cm³/mol. The molecule has 0 spiro atoms. The van der Waals surface area contributed by atoms with Gasteiger partial charge in [-0.05, 0) is 34.7 Å². The van der Waals surface area contributed by atoms with Gasteiger partial charge in [0, 0.05) is 12.3 Å². The lowest BCUT2D eigenvalue weighted by molar-refractivity contribution is 0.621. The van der Waals surface area contributed by atoms with Crippen molar-refractivity contribution in [3.05, 3.63) is 39.5 Å². The van der Waals surface area contributed by atoms with Crippen LogP contribution in [0.3, 0.4) is 0 Å². The number of halogens is 2. The number of benzene rings is 1. The zero-order valence-electron chi connectivity index (χ0n) is 8.30. The summed E-state index contributed by atoms with van der Waals surface area (Å²) in [6, 6.07) is 4.84. The molecule has 4 N–H and O–H groups in total. The summed E-state index contributed by atoms with van der Waals surface area (Å²) in [6.07, 6.45) is 1.66. The van der Waals surface area contributed by atoms with Gasteiger partial charge in [0.05, 0.1) is 27.2 Å². The van der Waals surface area contributed by atoms with Gasteiger partial charge in [-0.3, -0.25) is 5.10 Å². The fourth-order valence-electron chi connectivity index (χ4n) is 1.29. The first-order chi connectivity index (χ1) is 7.66. The molecule has 6 heteroatoms. The van der Waals surface area contributed by atoms with Crippen molar-refractivity contribution in [3.8, 4) is 0 Å². The number of H-pyrrole nitrogens is 1. The van der Waals surface area contributed by atoms with E-state index in [-0.39, 0.29) is 5.82 Å². The molecule has 4 nitrogen and oxygen atoms in total. The van der Waals surface area contributed by atoms with E-state index in [0.29, 0.717) is 21.5 Å². The van der Waals surface area contributed by atoms with Crippen LogP contribution in [0, 0.1) is 9.39 Å². The molecule has 0 aliphatic rings. The van der Waals surface area contributed by atoms with Crippen LogP contribution < -0.4 is 11.1 Å². The van der Waals surface area contributed by atoms with Crippen molar-refractivity contribution in [3.63, 3.8) is 0 Å². The Morgan fingerprint density at radius 2 is 2.31 bits per heavy atom. The number of nitrogens with zero attached hydrogens (tertiary/aromatic N) is 1. The van der Waals surface area contributed by atoms with E-state index in [0.717, 1.165) is 5.69 Å². The van der Waals surface area contributed by atoms with Crippen LogP contribution in [-0.4, -0.2) is 10.2 Å². The second-order valence-corrected chi connectivity index (χ2v) is 4.45. The second kappa shape index (κ2) is 4.69. The van der Waals surface area contributed by atoms with Gasteiger partial charge in [0.25, 0.3) is 0 Å². The van der Waals surface area contributed by atoms with Crippen molar-refractivity contribution < 1.29 is 4.39 Å². The maximum Gasteiger partial charge on any atom is 0.138 e. The quantitative estimate of drug-likeness (QED) is 0.597. The van der Waals surface area contributed by atoms with Gasteiger partial charge in [-0.2, -0.15) is 5.10 Å². The van der Waals surface area contributed by atoms with Crippen molar-refractivity contribution in [2.75, 3.05) is 11.1 Å². The highest BCUT2D eigenvalue weighted by molar-refractivity contribution is 14.1. The van der Waals surface area contributed by atoms with Crippen molar-refractivity contribution in [1.82, 2.24) is 10.2 Å². The highest BCUT2D eigenvalue weighted by atomic mass is 127. The first-order valence-corrected chi connectivity index (χ1v) is 5.71. The molecule has 16 heavy (non-hydrogen) atoms. The molecule has 0 aliphatic carbocycles. The molecule has 0 aliphatic heterocycles. The molecule has 84 valence electrons. The van der Waals surface area contributed by atoms with E-state index in [2.05, 4.69) is 15.5 Å². The summed E-state index contributed by atoms with van der Waals surface area (Å²) in [5, 5.41) is 9.67. The summed E-state index contributed by atoms with van der Waals surface area (Å²) in [4.78, 5) is 0. The Kier molecular flexibility index (Phi) is 3.28. The second-order valence-electron chi connectivity index (χ2n) is 3.29. The van der Waals surface area contributed by atoms with Crippen molar-refractivity contribution in [1.29, 1.82) is 0 Å². The van der Waals surface area contributed by atoms with Gasteiger partial charge >= 0.3 is 0 Å². The SMILES string of the molecule is Nc1cc(I)c(F)cc1NCc1ccn[nH]1. The van der Waals surface area contributed by atoms with E-state index in [1.165, 1.54) is 6.07 Å². The maximum atomic E-state index is 13.3. The number of nitrogen functional groups attached to an aromatic ring is 1. The first kappa shape index (κ1) is 11.2. The fraction of sp³-hybridized carbons (Fsp3) is 0.100. The number of aromatic amines is 1. The Morgan fingerprint density at radius 1 is 1.50 bits per heavy atom. The van der Waals surface area contributed by atoms with E-state index < -0.39 is 0 Å². The lowest BCUT2D eigenvalue weighted by Gasteiger charge is -2.09. The molecule has 0 fully saturated rings. The number of hydrogen-bond donors (Lipinski definition) is 3. The number of nitrogens with one attached hydrogen (secondary N) is 2. The summed E-state index contributed by atoms with van der Waals surface area (Å²) < 4.78 is 13.8. The van der Waals surface area contributed by atoms with Crippen LogP contribution in [0.25, 0.3) is 0 Å². The largest absolute Gasteiger partial charge is 0.397 e. The Hall–Kier alpha value is -1.31. The van der Waals surface area contributed by atoms with Crippen LogP contribution in [0.4, 0.5) is 15.8 Å². The van der Waals surface area contributed by atoms with E-state index >= 15 is 0 Å². The highest BCUT2D eigenvalue weighted by Gasteiger charge is 2.05. The molecule has 0 atom stereocenters. The van der Waals surface area contributed by atoms with Gasteiger partial charge in [-0.1, -0.05) is 0 Å². The van der Waals surface area contributed by atoms with Crippen LogP contribution in [0.5, 0.6) is 0 Å². The third kappa shape index (κ3) is 2.43. The topological polar surface area (TPSA) is 66.7 Å². The van der Waals surface area contributed by atoms with Gasteiger partial charge in [0.2, 0.25) is 0 Å². The zero-order valence-corrected chi connectivity index (χ0v) is 10.5. The molecule has 0 unspecified atom stereocenters. The van der Waals surface area contributed by atoms with Crippen LogP contribution in [0.1, 0.15) is 5.69 Å². The third-order valence-corrected chi connectivity index (χ3v) is 2.95. The van der Waals surface area contributed by atoms with E-state index in [1.807, 2.05) is 28.7 Å². The van der Waals surface area contributed by atoms with Gasteiger partial charge < -0.3 is 11.1 Å². The minimum absolute atomic E-state index is 0.276. The molecule has 0 saturated carbocycles. The van der Waals surface area contributed by atoms with E-state index in [9.17, 15) is 4.39 Å². The molecule has 0 saturated heterocycles. The fourth-order valence-corrected chi connectivity index (χ4v) is 1.78. The van der Waals surface area contributed by atoms with Crippen molar-refractivity contribution in [2.24, 2.45) is 0 Å². The predicted octanol–water partition coefficient (Wildman–Crippen LogP) is 2.35. The van der Waals surface area contributed by atoms with Crippen molar-refractivity contribution >= 4 is 34.0 Å². The molecule has 1 aromatic carbocycles. The lowest BCUT2D eigenvalue weighted by atomic mass is 10.2. The van der Waals surface area contributed by atoms with E-state index in [1.54, 1.807) is 12.3 Å². The Balaban J connectivity index is 2.12. The monoisotopic (exact) mass is 332 g/mol. The normalized spacial score (nSPS) is 10.4. The van der Waals surface area contributed by atoms with Crippen LogP contribution in [0.2, 0.25) is 0 Å². The minimum Gasteiger partial charge on any atom is -0.397 e. The Morgan fingerprint density at radius 3 is 3.00 bits per heavy atom. The summed E-state index contributed by atoms with van der Waals surface area (Å²) in [7, 11) is 0. The molecule has 2 aromatic rings. The molecule has 2 rings (SSSR count). The average molecular weight is 332 g/mol. The van der Waals surface area contributed by atoms with Gasteiger partial charge in [0.1, 0.15) is 5.82 Å². The summed E-state index contributed by atoms with van der Waals surface area (Å²) in [5.74, 6) is -0.276. The van der Waals surface area contributed by atoms with Gasteiger partial charge in [-0.15, -0.1) is 0 Å². The number of aromatic nitrogens is 2. The summed E-state index contributed by atoms with van der Waals surface area (Å²) in [5.41, 5.74) is 7.81. The molecule has 0 bridgehead atoms. The molecule has 1 aromatic heterocycles. The molecule has 1 heterocycles. The third-order valence-electron chi connectivity index (χ3n) is 2.12. The zero-order chi connectivity index (χ0) is 11.5. The molecule has 0 radical (unpaired) electrons. The van der Waals surface area contributed by atoms with Crippen LogP contribution >= 0.6 is 22.6 Å². The highest BCUT2D eigenvalue weighted by Crippen LogP contribution is 2.24. The Bertz CT molecular complexity index is 484. The smallest absolute Gasteiger partial charge is 0.138 e. The number of anilines is 2. The van der Waals surface area contributed by atoms with Crippen LogP contribution in [0.15, 0.2) is 24.4 Å². The summed E-state index contributed by atoms with van der Waals surface area (Å²) in [6.45, 7) is 0.532. The van der Waals surface area contributed by atoms with Gasteiger partial charge in [-0.25, -0.2) is 4.39 Å². The maximum absolute atomic E-state index is 13.3. The van der Waals surface area contributed by atoms with Crippen molar-refractivity contribution in [2.45, 2.75) is 6.54 Å². The standard InChI is InChI=1S/C10H10FIN4/c11-7-3-10(9(13)4-8(7)12)14-5-6-1-2-15-16-6/h1-4,14H,5,13H2,(H,15,16). The summed E-state index contributed by atoms with van der Waals surface area (Å²) >= 11 is 1.91. The van der Waals surface area contributed by atoms with Crippen LogP contribution in [-0.2, 0) is 6.54 Å². The molecular weight excluding hydrogens is 322 g/mol. The number of nitrogens with two attached hydrogens (primary N) is 1. The lowest BCUT2D eigenvalue weighted by Crippen LogP contribution is -2.04. The molecular formula is C10H10FIN4. The van der Waals surface area contributed by atoms with E-state index in [4.69, 9.17) is 5.73 Å². The minimum atomic E-state index is -0.276. The number of hydrogen-bond acceptors (Lipinski definition) is 3. The van der Waals surface area contributed by atoms with Gasteiger partial charge in [0.15, 0.2) is 0 Å². The molecule has 0 amide bonds. The Labute approximate surface area is 106 Å². The average Bonchev–Trinajstić information content (AvgIpc) is 2.74. The first-order valence-electron chi connectivity index (χ1n) is 4.63. The number of rotatable bonds is 3.